The summed E-state index contributed by atoms with van der Waals surface area (Å²) in [5.41, 5.74) is 2.39. The molecule has 2 rings (SSSR count). The maximum atomic E-state index is 9.81. The summed E-state index contributed by atoms with van der Waals surface area (Å²) in [6.07, 6.45) is 2.22. The van der Waals surface area contributed by atoms with Crippen molar-refractivity contribution in [2.75, 3.05) is 20.2 Å². The van der Waals surface area contributed by atoms with Crippen molar-refractivity contribution in [3.05, 3.63) is 23.3 Å². The number of rotatable bonds is 2. The lowest BCUT2D eigenvalue weighted by atomic mass is 9.86. The maximum absolute atomic E-state index is 9.81. The number of methoxy groups -OCH3 is 1. The van der Waals surface area contributed by atoms with Gasteiger partial charge in [-0.05, 0) is 50.4 Å². The highest BCUT2D eigenvalue weighted by molar-refractivity contribution is 5.51. The van der Waals surface area contributed by atoms with E-state index in [4.69, 9.17) is 4.74 Å². The largest absolute Gasteiger partial charge is 0.504 e. The van der Waals surface area contributed by atoms with Crippen LogP contribution in [-0.4, -0.2) is 25.3 Å². The monoisotopic (exact) mass is 221 g/mol. The quantitative estimate of drug-likeness (QED) is 0.804. The Hall–Kier alpha value is -1.22. The first-order valence-electron chi connectivity index (χ1n) is 5.81. The lowest BCUT2D eigenvalue weighted by Gasteiger charge is -2.26. The predicted molar refractivity (Wildman–Crippen MR) is 64.2 cm³/mol. The molecule has 1 aromatic rings. The fraction of sp³-hybridized carbons (Fsp3) is 0.538. The molecule has 16 heavy (non-hydrogen) atoms. The number of aromatic hydroxyl groups is 1. The Morgan fingerprint density at radius 1 is 1.31 bits per heavy atom. The summed E-state index contributed by atoms with van der Waals surface area (Å²) in [7, 11) is 1.62. The van der Waals surface area contributed by atoms with Crippen LogP contribution in [0.1, 0.15) is 29.9 Å². The van der Waals surface area contributed by atoms with Crippen LogP contribution in [0.3, 0.4) is 0 Å². The topological polar surface area (TPSA) is 41.5 Å². The summed E-state index contributed by atoms with van der Waals surface area (Å²) in [6, 6.07) is 3.67. The van der Waals surface area contributed by atoms with Crippen LogP contribution in [0.5, 0.6) is 11.5 Å². The molecule has 0 saturated carbocycles. The van der Waals surface area contributed by atoms with Gasteiger partial charge < -0.3 is 15.2 Å². The van der Waals surface area contributed by atoms with Gasteiger partial charge in [0.15, 0.2) is 11.5 Å². The lowest BCUT2D eigenvalue weighted by Crippen LogP contribution is -2.27. The van der Waals surface area contributed by atoms with Crippen LogP contribution in [0.2, 0.25) is 0 Å². The van der Waals surface area contributed by atoms with Crippen LogP contribution in [-0.2, 0) is 0 Å². The first kappa shape index (κ1) is 11.3. The molecule has 3 heteroatoms. The summed E-state index contributed by atoms with van der Waals surface area (Å²) < 4.78 is 5.34. The van der Waals surface area contributed by atoms with Crippen molar-refractivity contribution < 1.29 is 9.84 Å². The van der Waals surface area contributed by atoms with Crippen molar-refractivity contribution >= 4 is 0 Å². The zero-order valence-corrected chi connectivity index (χ0v) is 9.92. The third kappa shape index (κ3) is 2.00. The normalized spacial score (nSPS) is 17.4. The molecule has 88 valence electrons. The van der Waals surface area contributed by atoms with Gasteiger partial charge in [-0.15, -0.1) is 0 Å². The minimum absolute atomic E-state index is 0.252. The highest BCUT2D eigenvalue weighted by atomic mass is 16.5. The van der Waals surface area contributed by atoms with E-state index in [-0.39, 0.29) is 5.75 Å². The maximum Gasteiger partial charge on any atom is 0.164 e. The molecule has 0 bridgehead atoms. The van der Waals surface area contributed by atoms with Crippen molar-refractivity contribution in [2.24, 2.45) is 0 Å². The summed E-state index contributed by atoms with van der Waals surface area (Å²) in [5.74, 6) is 1.41. The van der Waals surface area contributed by atoms with Crippen molar-refractivity contribution in [3.8, 4) is 11.5 Å². The Labute approximate surface area is 96.4 Å². The highest BCUT2D eigenvalue weighted by Crippen LogP contribution is 2.40. The van der Waals surface area contributed by atoms with Gasteiger partial charge in [-0.25, -0.2) is 0 Å². The van der Waals surface area contributed by atoms with E-state index in [0.717, 1.165) is 25.9 Å². The molecular weight excluding hydrogens is 202 g/mol. The SMILES string of the molecule is COc1c(O)ccc(C)c1C1CCNCC1. The summed E-state index contributed by atoms with van der Waals surface area (Å²) in [4.78, 5) is 0. The van der Waals surface area contributed by atoms with Crippen LogP contribution >= 0.6 is 0 Å². The minimum atomic E-state index is 0.252. The van der Waals surface area contributed by atoms with Gasteiger partial charge in [-0.3, -0.25) is 0 Å². The predicted octanol–water partition coefficient (Wildman–Crippen LogP) is 2.18. The Kier molecular flexibility index (Phi) is 3.34. The molecule has 0 amide bonds. The van der Waals surface area contributed by atoms with Crippen LogP contribution in [0.4, 0.5) is 0 Å². The number of hydrogen-bond donors (Lipinski definition) is 2. The van der Waals surface area contributed by atoms with Gasteiger partial charge in [0.25, 0.3) is 0 Å². The van der Waals surface area contributed by atoms with E-state index in [1.54, 1.807) is 13.2 Å². The lowest BCUT2D eigenvalue weighted by molar-refractivity contribution is 0.358. The number of nitrogens with one attached hydrogen (secondary N) is 1. The van der Waals surface area contributed by atoms with Crippen molar-refractivity contribution in [1.82, 2.24) is 5.32 Å². The number of phenols is 1. The number of hydrogen-bond acceptors (Lipinski definition) is 3. The molecule has 1 heterocycles. The van der Waals surface area contributed by atoms with Crippen LogP contribution in [0, 0.1) is 6.92 Å². The molecule has 0 radical (unpaired) electrons. The molecule has 1 aromatic carbocycles. The first-order valence-corrected chi connectivity index (χ1v) is 5.81. The second-order valence-electron chi connectivity index (χ2n) is 4.37. The highest BCUT2D eigenvalue weighted by Gasteiger charge is 2.22. The molecule has 1 aliphatic rings. The van der Waals surface area contributed by atoms with E-state index in [0.29, 0.717) is 11.7 Å². The number of benzene rings is 1. The van der Waals surface area contributed by atoms with E-state index in [1.807, 2.05) is 6.07 Å². The summed E-state index contributed by atoms with van der Waals surface area (Å²) in [6.45, 7) is 4.17. The van der Waals surface area contributed by atoms with E-state index < -0.39 is 0 Å². The summed E-state index contributed by atoms with van der Waals surface area (Å²) >= 11 is 0. The van der Waals surface area contributed by atoms with Crippen LogP contribution in [0.15, 0.2) is 12.1 Å². The zero-order valence-electron chi connectivity index (χ0n) is 9.92. The van der Waals surface area contributed by atoms with E-state index in [9.17, 15) is 5.11 Å². The molecule has 0 unspecified atom stereocenters. The number of aryl methyl sites for hydroxylation is 1. The average Bonchev–Trinajstić information content (AvgIpc) is 2.33. The molecule has 1 saturated heterocycles. The molecule has 1 aliphatic heterocycles. The Bertz CT molecular complexity index is 370. The summed E-state index contributed by atoms with van der Waals surface area (Å²) in [5, 5.41) is 13.2. The fourth-order valence-corrected chi connectivity index (χ4v) is 2.52. The minimum Gasteiger partial charge on any atom is -0.504 e. The standard InChI is InChI=1S/C13H19NO2/c1-9-3-4-11(15)13(16-2)12(9)10-5-7-14-8-6-10/h3-4,10,14-15H,5-8H2,1-2H3. The molecule has 1 fully saturated rings. The molecular formula is C13H19NO2. The molecule has 3 nitrogen and oxygen atoms in total. The molecule has 2 N–H and O–H groups in total. The van der Waals surface area contributed by atoms with Gasteiger partial charge in [-0.1, -0.05) is 6.07 Å². The Morgan fingerprint density at radius 3 is 2.62 bits per heavy atom. The van der Waals surface area contributed by atoms with Crippen LogP contribution in [0.25, 0.3) is 0 Å². The van der Waals surface area contributed by atoms with Gasteiger partial charge in [0, 0.05) is 5.56 Å². The van der Waals surface area contributed by atoms with Gasteiger partial charge in [0.2, 0.25) is 0 Å². The van der Waals surface area contributed by atoms with Gasteiger partial charge >= 0.3 is 0 Å². The molecule has 0 aliphatic carbocycles. The Morgan fingerprint density at radius 2 is 2.00 bits per heavy atom. The fourth-order valence-electron chi connectivity index (χ4n) is 2.52. The van der Waals surface area contributed by atoms with E-state index in [2.05, 4.69) is 12.2 Å². The molecule has 0 atom stereocenters. The van der Waals surface area contributed by atoms with Crippen LogP contribution < -0.4 is 10.1 Å². The smallest absolute Gasteiger partial charge is 0.164 e. The second-order valence-corrected chi connectivity index (χ2v) is 4.37. The molecule has 0 aromatic heterocycles. The zero-order chi connectivity index (χ0) is 11.5. The molecule has 0 spiro atoms. The third-order valence-corrected chi connectivity index (χ3v) is 3.34. The van der Waals surface area contributed by atoms with Crippen molar-refractivity contribution in [2.45, 2.75) is 25.7 Å². The average molecular weight is 221 g/mol. The van der Waals surface area contributed by atoms with Gasteiger partial charge in [0.1, 0.15) is 0 Å². The van der Waals surface area contributed by atoms with Crippen molar-refractivity contribution in [1.29, 1.82) is 0 Å². The number of phenolic OH excluding ortho intramolecular Hbond substituents is 1. The first-order chi connectivity index (χ1) is 7.74. The van der Waals surface area contributed by atoms with Gasteiger partial charge in [0.05, 0.1) is 7.11 Å². The second kappa shape index (κ2) is 4.74. The number of ether oxygens (including phenoxy) is 1. The van der Waals surface area contributed by atoms with E-state index in [1.165, 1.54) is 11.1 Å². The van der Waals surface area contributed by atoms with Crippen molar-refractivity contribution in [3.63, 3.8) is 0 Å². The van der Waals surface area contributed by atoms with Gasteiger partial charge in [-0.2, -0.15) is 0 Å². The number of piperidine rings is 1. The third-order valence-electron chi connectivity index (χ3n) is 3.34. The Balaban J connectivity index is 2.40. The van der Waals surface area contributed by atoms with E-state index >= 15 is 0 Å².